The molecule has 6 nitrogen and oxygen atoms in total. The zero-order valence-corrected chi connectivity index (χ0v) is 18.6. The average Bonchev–Trinajstić information content (AvgIpc) is 2.84. The second kappa shape index (κ2) is 8.53. The number of benzene rings is 2. The molecule has 4 aromatic rings. The van der Waals surface area contributed by atoms with Crippen molar-refractivity contribution in [2.24, 2.45) is 0 Å². The van der Waals surface area contributed by atoms with Crippen molar-refractivity contribution >= 4 is 16.6 Å². The lowest BCUT2D eigenvalue weighted by Crippen LogP contribution is -2.45. The molecule has 6 heteroatoms. The van der Waals surface area contributed by atoms with Crippen LogP contribution >= 0.6 is 0 Å². The number of morpholine rings is 1. The molecule has 33 heavy (non-hydrogen) atoms. The normalized spacial score (nSPS) is 18.3. The lowest BCUT2D eigenvalue weighted by molar-refractivity contribution is -0.00545. The van der Waals surface area contributed by atoms with Gasteiger partial charge in [0.2, 0.25) is 0 Å². The van der Waals surface area contributed by atoms with Gasteiger partial charge in [-0.3, -0.25) is 9.36 Å². The van der Waals surface area contributed by atoms with Gasteiger partial charge in [0.1, 0.15) is 5.82 Å². The summed E-state index contributed by atoms with van der Waals surface area (Å²) in [6.45, 7) is 5.73. The largest absolute Gasteiger partial charge is 0.372 e. The second-order valence-electron chi connectivity index (χ2n) is 8.48. The van der Waals surface area contributed by atoms with E-state index >= 15 is 0 Å². The maximum Gasteiger partial charge on any atom is 0.263 e. The van der Waals surface area contributed by atoms with Gasteiger partial charge < -0.3 is 9.64 Å². The van der Waals surface area contributed by atoms with Crippen LogP contribution in [-0.4, -0.2) is 34.8 Å². The number of pyridine rings is 2. The van der Waals surface area contributed by atoms with Crippen molar-refractivity contribution < 1.29 is 4.74 Å². The van der Waals surface area contributed by atoms with Crippen molar-refractivity contribution in [2.75, 3.05) is 18.0 Å². The molecule has 0 bridgehead atoms. The van der Waals surface area contributed by atoms with Crippen molar-refractivity contribution in [2.45, 2.75) is 26.1 Å². The Morgan fingerprint density at radius 2 is 1.73 bits per heavy atom. The third-order valence-electron chi connectivity index (χ3n) is 6.02. The molecule has 0 saturated carbocycles. The summed E-state index contributed by atoms with van der Waals surface area (Å²) in [6.07, 6.45) is 3.86. The lowest BCUT2D eigenvalue weighted by atomic mass is 9.98. The summed E-state index contributed by atoms with van der Waals surface area (Å²) in [5.41, 5.74) is 3.18. The fourth-order valence-electron chi connectivity index (χ4n) is 4.53. The van der Waals surface area contributed by atoms with E-state index in [9.17, 15) is 4.79 Å². The number of nitriles is 1. The molecule has 5 rings (SSSR count). The van der Waals surface area contributed by atoms with E-state index in [2.05, 4.69) is 29.8 Å². The topological polar surface area (TPSA) is 71.2 Å². The van der Waals surface area contributed by atoms with Gasteiger partial charge >= 0.3 is 0 Å². The van der Waals surface area contributed by atoms with Gasteiger partial charge in [-0.15, -0.1) is 0 Å². The van der Waals surface area contributed by atoms with E-state index < -0.39 is 0 Å². The predicted molar refractivity (Wildman–Crippen MR) is 130 cm³/mol. The minimum absolute atomic E-state index is 0.0915. The minimum atomic E-state index is -0.0915. The Morgan fingerprint density at radius 1 is 0.970 bits per heavy atom. The highest BCUT2D eigenvalue weighted by molar-refractivity contribution is 5.96. The molecule has 2 aromatic heterocycles. The third kappa shape index (κ3) is 3.99. The lowest BCUT2D eigenvalue weighted by Gasteiger charge is -2.36. The molecule has 164 valence electrons. The molecule has 0 spiro atoms. The Balaban J connectivity index is 1.50. The number of rotatable bonds is 3. The molecule has 3 heterocycles. The first kappa shape index (κ1) is 20.9. The molecule has 2 atom stereocenters. The van der Waals surface area contributed by atoms with Crippen LogP contribution in [-0.2, 0) is 4.74 Å². The minimum Gasteiger partial charge on any atom is -0.372 e. The Morgan fingerprint density at radius 3 is 2.39 bits per heavy atom. The summed E-state index contributed by atoms with van der Waals surface area (Å²) >= 11 is 0. The molecule has 1 saturated heterocycles. The monoisotopic (exact) mass is 436 g/mol. The fraction of sp³-hybridized carbons (Fsp3) is 0.222. The van der Waals surface area contributed by atoms with Gasteiger partial charge in [-0.25, -0.2) is 4.98 Å². The van der Waals surface area contributed by atoms with E-state index in [0.717, 1.165) is 41.1 Å². The number of ether oxygens (including phenoxy) is 1. The van der Waals surface area contributed by atoms with Gasteiger partial charge in [0.05, 0.1) is 35.7 Å². The van der Waals surface area contributed by atoms with Gasteiger partial charge in [0, 0.05) is 24.7 Å². The Bertz CT molecular complexity index is 1390. The first-order valence-electron chi connectivity index (χ1n) is 11.1. The van der Waals surface area contributed by atoms with Gasteiger partial charge in [-0.1, -0.05) is 24.3 Å². The summed E-state index contributed by atoms with van der Waals surface area (Å²) in [5, 5.41) is 10.6. The molecule has 0 radical (unpaired) electrons. The van der Waals surface area contributed by atoms with E-state index in [0.29, 0.717) is 10.9 Å². The van der Waals surface area contributed by atoms with Crippen LogP contribution in [0.3, 0.4) is 0 Å². The van der Waals surface area contributed by atoms with Gasteiger partial charge in [-0.05, 0) is 66.8 Å². The van der Waals surface area contributed by atoms with E-state index in [1.165, 1.54) is 0 Å². The van der Waals surface area contributed by atoms with Gasteiger partial charge in [0.15, 0.2) is 0 Å². The number of fused-ring (bicyclic) bond motifs is 1. The van der Waals surface area contributed by atoms with Crippen molar-refractivity contribution in [1.29, 1.82) is 5.26 Å². The van der Waals surface area contributed by atoms with Crippen LogP contribution in [0.15, 0.2) is 77.9 Å². The van der Waals surface area contributed by atoms with Crippen LogP contribution in [0.25, 0.3) is 27.6 Å². The summed E-state index contributed by atoms with van der Waals surface area (Å²) in [5.74, 6) is 0.887. The highest BCUT2D eigenvalue weighted by Crippen LogP contribution is 2.28. The Kier molecular flexibility index (Phi) is 5.41. The van der Waals surface area contributed by atoms with Crippen LogP contribution in [0.2, 0.25) is 0 Å². The molecule has 2 aromatic carbocycles. The van der Waals surface area contributed by atoms with Crippen molar-refractivity contribution in [3.63, 3.8) is 0 Å². The smallest absolute Gasteiger partial charge is 0.263 e. The zero-order chi connectivity index (χ0) is 22.9. The van der Waals surface area contributed by atoms with Crippen molar-refractivity contribution in [3.05, 3.63) is 89.0 Å². The molecule has 1 aliphatic rings. The van der Waals surface area contributed by atoms with E-state index in [-0.39, 0.29) is 17.8 Å². The first-order chi connectivity index (χ1) is 16.0. The molecule has 2 unspecified atom stereocenters. The standard InChI is InChI=1S/C27H24N4O2/c1-18-16-30(17-19(2)33-18)26-11-10-22(15-29-26)31-13-12-24-23(4-3-5-25(24)27(31)32)21-8-6-20(14-28)7-9-21/h3-13,15,18-19H,16-17H2,1-2H3. The van der Waals surface area contributed by atoms with Crippen LogP contribution in [0.4, 0.5) is 5.82 Å². The zero-order valence-electron chi connectivity index (χ0n) is 18.6. The maximum absolute atomic E-state index is 13.4. The van der Waals surface area contributed by atoms with E-state index in [1.807, 2.05) is 48.5 Å². The summed E-state index contributed by atoms with van der Waals surface area (Å²) in [6, 6.07) is 21.1. The quantitative estimate of drug-likeness (QED) is 0.472. The SMILES string of the molecule is CC1CN(c2ccc(-n3ccc4c(-c5ccc(C#N)cc5)cccc4c3=O)cn2)CC(C)O1. The van der Waals surface area contributed by atoms with Crippen molar-refractivity contribution in [3.8, 4) is 22.9 Å². The average molecular weight is 437 g/mol. The fourth-order valence-corrected chi connectivity index (χ4v) is 4.53. The molecule has 1 aliphatic heterocycles. The highest BCUT2D eigenvalue weighted by Gasteiger charge is 2.23. The van der Waals surface area contributed by atoms with E-state index in [4.69, 9.17) is 10.00 Å². The molecule has 0 aliphatic carbocycles. The number of nitrogens with zero attached hydrogens (tertiary/aromatic N) is 4. The second-order valence-corrected chi connectivity index (χ2v) is 8.48. The number of hydrogen-bond donors (Lipinski definition) is 0. The predicted octanol–water partition coefficient (Wildman–Crippen LogP) is 4.54. The van der Waals surface area contributed by atoms with Crippen LogP contribution in [0.5, 0.6) is 0 Å². The summed E-state index contributed by atoms with van der Waals surface area (Å²) < 4.78 is 7.44. The molecule has 1 fully saturated rings. The molecule has 0 N–H and O–H groups in total. The maximum atomic E-state index is 13.4. The Hall–Kier alpha value is -3.95. The van der Waals surface area contributed by atoms with Crippen LogP contribution < -0.4 is 10.5 Å². The number of anilines is 1. The molecular weight excluding hydrogens is 412 g/mol. The Labute approximate surface area is 192 Å². The van der Waals surface area contributed by atoms with Crippen LogP contribution in [0.1, 0.15) is 19.4 Å². The molecular formula is C27H24N4O2. The van der Waals surface area contributed by atoms with Crippen LogP contribution in [0, 0.1) is 11.3 Å². The van der Waals surface area contributed by atoms with Gasteiger partial charge in [0.25, 0.3) is 5.56 Å². The number of aromatic nitrogens is 2. The third-order valence-corrected chi connectivity index (χ3v) is 6.02. The van der Waals surface area contributed by atoms with Gasteiger partial charge in [-0.2, -0.15) is 5.26 Å². The number of hydrogen-bond acceptors (Lipinski definition) is 5. The highest BCUT2D eigenvalue weighted by atomic mass is 16.5. The first-order valence-corrected chi connectivity index (χ1v) is 11.1. The summed E-state index contributed by atoms with van der Waals surface area (Å²) in [7, 11) is 0. The molecule has 0 amide bonds. The van der Waals surface area contributed by atoms with E-state index in [1.54, 1.807) is 29.1 Å². The summed E-state index contributed by atoms with van der Waals surface area (Å²) in [4.78, 5) is 20.2. The van der Waals surface area contributed by atoms with Crippen molar-refractivity contribution in [1.82, 2.24) is 9.55 Å².